The summed E-state index contributed by atoms with van der Waals surface area (Å²) in [4.78, 5) is 51.4. The lowest BCUT2D eigenvalue weighted by molar-refractivity contribution is -0.153. The summed E-state index contributed by atoms with van der Waals surface area (Å²) < 4.78 is 5.03. The number of likely N-dealkylation sites (tertiary alicyclic amines) is 1. The van der Waals surface area contributed by atoms with E-state index in [-0.39, 0.29) is 29.7 Å². The van der Waals surface area contributed by atoms with E-state index in [1.54, 1.807) is 29.2 Å². The van der Waals surface area contributed by atoms with Gasteiger partial charge in [0.15, 0.2) is 6.61 Å². The van der Waals surface area contributed by atoms with Gasteiger partial charge in [-0.3, -0.25) is 24.1 Å². The zero-order chi connectivity index (χ0) is 18.7. The summed E-state index contributed by atoms with van der Waals surface area (Å²) in [6, 6.07) is 6.60. The van der Waals surface area contributed by atoms with Crippen LogP contribution in [0.15, 0.2) is 24.3 Å². The predicted octanol–water partition coefficient (Wildman–Crippen LogP) is 1.62. The minimum Gasteiger partial charge on any atom is -0.454 e. The van der Waals surface area contributed by atoms with Gasteiger partial charge in [-0.15, -0.1) is 0 Å². The summed E-state index contributed by atoms with van der Waals surface area (Å²) in [6.07, 6.45) is 3.88. The Morgan fingerprint density at radius 1 is 1.12 bits per heavy atom. The van der Waals surface area contributed by atoms with E-state index in [1.807, 2.05) is 6.92 Å². The molecule has 1 aromatic carbocycles. The van der Waals surface area contributed by atoms with Crippen molar-refractivity contribution in [3.8, 4) is 0 Å². The van der Waals surface area contributed by atoms with Crippen molar-refractivity contribution in [2.45, 2.75) is 38.6 Å². The first-order chi connectivity index (χ1) is 12.5. The van der Waals surface area contributed by atoms with Gasteiger partial charge in [0.1, 0.15) is 6.54 Å². The number of hydrogen-bond donors (Lipinski definition) is 0. The van der Waals surface area contributed by atoms with Crippen molar-refractivity contribution in [1.29, 1.82) is 0 Å². The van der Waals surface area contributed by atoms with Crippen molar-refractivity contribution in [2.24, 2.45) is 0 Å². The number of fused-ring (bicyclic) bond motifs is 1. The molecule has 0 spiro atoms. The van der Waals surface area contributed by atoms with E-state index < -0.39 is 24.3 Å². The van der Waals surface area contributed by atoms with Crippen molar-refractivity contribution >= 4 is 23.7 Å². The van der Waals surface area contributed by atoms with Crippen LogP contribution in [0.1, 0.15) is 53.3 Å². The molecule has 7 nitrogen and oxygen atoms in total. The molecule has 0 unspecified atom stereocenters. The molecule has 2 aliphatic heterocycles. The monoisotopic (exact) mass is 358 g/mol. The van der Waals surface area contributed by atoms with Gasteiger partial charge in [0.2, 0.25) is 0 Å². The standard InChI is InChI=1S/C19H22N2O5/c1-2-13-7-5-6-10-20(13)16(22)12-26-17(23)11-21-18(24)14-8-3-4-9-15(14)19(21)25/h3-4,8-9,13H,2,5-7,10-12H2,1H3/t13-/m1/s1. The van der Waals surface area contributed by atoms with Crippen LogP contribution >= 0.6 is 0 Å². The first-order valence-corrected chi connectivity index (χ1v) is 8.93. The lowest BCUT2D eigenvalue weighted by Crippen LogP contribution is -2.45. The van der Waals surface area contributed by atoms with Crippen LogP contribution in [-0.2, 0) is 14.3 Å². The molecule has 26 heavy (non-hydrogen) atoms. The van der Waals surface area contributed by atoms with E-state index in [9.17, 15) is 19.2 Å². The number of benzene rings is 1. The van der Waals surface area contributed by atoms with Gasteiger partial charge in [-0.05, 0) is 37.8 Å². The third-order valence-corrected chi connectivity index (χ3v) is 4.94. The third-order valence-electron chi connectivity index (χ3n) is 4.94. The number of rotatable bonds is 5. The number of ether oxygens (including phenoxy) is 1. The Hall–Kier alpha value is -2.70. The minimum absolute atomic E-state index is 0.186. The lowest BCUT2D eigenvalue weighted by Gasteiger charge is -2.35. The molecular weight excluding hydrogens is 336 g/mol. The van der Waals surface area contributed by atoms with Gasteiger partial charge in [-0.1, -0.05) is 19.1 Å². The molecule has 1 aromatic rings. The molecule has 3 rings (SSSR count). The minimum atomic E-state index is -0.766. The van der Waals surface area contributed by atoms with Crippen molar-refractivity contribution in [3.05, 3.63) is 35.4 Å². The highest BCUT2D eigenvalue weighted by Crippen LogP contribution is 2.22. The maximum absolute atomic E-state index is 12.3. The van der Waals surface area contributed by atoms with E-state index in [2.05, 4.69) is 0 Å². The molecule has 0 aliphatic carbocycles. The Morgan fingerprint density at radius 3 is 2.38 bits per heavy atom. The van der Waals surface area contributed by atoms with Gasteiger partial charge >= 0.3 is 5.97 Å². The Morgan fingerprint density at radius 2 is 1.77 bits per heavy atom. The van der Waals surface area contributed by atoms with Crippen molar-refractivity contribution in [2.75, 3.05) is 19.7 Å². The van der Waals surface area contributed by atoms with Gasteiger partial charge in [-0.25, -0.2) is 0 Å². The fraction of sp³-hybridized carbons (Fsp3) is 0.474. The van der Waals surface area contributed by atoms with E-state index in [1.165, 1.54) is 0 Å². The maximum atomic E-state index is 12.3. The number of imide groups is 1. The SMILES string of the molecule is CC[C@@H]1CCCCN1C(=O)COC(=O)CN1C(=O)c2ccccc2C1=O. The first-order valence-electron chi connectivity index (χ1n) is 8.93. The number of esters is 1. The highest BCUT2D eigenvalue weighted by Gasteiger charge is 2.36. The quantitative estimate of drug-likeness (QED) is 0.590. The smallest absolute Gasteiger partial charge is 0.326 e. The van der Waals surface area contributed by atoms with Crippen LogP contribution in [0.3, 0.4) is 0 Å². The summed E-state index contributed by atoms with van der Waals surface area (Å²) >= 11 is 0. The summed E-state index contributed by atoms with van der Waals surface area (Å²) in [7, 11) is 0. The number of amides is 3. The van der Waals surface area contributed by atoms with Gasteiger partial charge in [-0.2, -0.15) is 0 Å². The largest absolute Gasteiger partial charge is 0.454 e. The zero-order valence-corrected chi connectivity index (χ0v) is 14.8. The highest BCUT2D eigenvalue weighted by atomic mass is 16.5. The maximum Gasteiger partial charge on any atom is 0.326 e. The normalized spacial score (nSPS) is 19.5. The van der Waals surface area contributed by atoms with Gasteiger partial charge in [0, 0.05) is 12.6 Å². The van der Waals surface area contributed by atoms with Crippen LogP contribution < -0.4 is 0 Å². The molecule has 1 atom stereocenters. The molecule has 0 saturated carbocycles. The number of piperidine rings is 1. The molecule has 2 heterocycles. The van der Waals surface area contributed by atoms with Crippen LogP contribution in [0.5, 0.6) is 0 Å². The fourth-order valence-corrected chi connectivity index (χ4v) is 3.54. The topological polar surface area (TPSA) is 84.0 Å². The molecule has 3 amide bonds. The first kappa shape index (κ1) is 18.1. The Kier molecular flexibility index (Phi) is 5.35. The summed E-state index contributed by atoms with van der Waals surface area (Å²) in [5, 5.41) is 0. The average Bonchev–Trinajstić information content (AvgIpc) is 2.91. The molecule has 7 heteroatoms. The van der Waals surface area contributed by atoms with Gasteiger partial charge in [0.05, 0.1) is 11.1 Å². The van der Waals surface area contributed by atoms with Gasteiger partial charge in [0.25, 0.3) is 17.7 Å². The lowest BCUT2D eigenvalue weighted by atomic mass is 10.00. The molecule has 2 aliphatic rings. The summed E-state index contributed by atoms with van der Waals surface area (Å²) in [5.41, 5.74) is 0.556. The van der Waals surface area contributed by atoms with Crippen molar-refractivity contribution in [3.63, 3.8) is 0 Å². The van der Waals surface area contributed by atoms with E-state index in [0.29, 0.717) is 6.54 Å². The van der Waals surface area contributed by atoms with Crippen LogP contribution in [0.4, 0.5) is 0 Å². The van der Waals surface area contributed by atoms with Crippen molar-refractivity contribution < 1.29 is 23.9 Å². The van der Waals surface area contributed by atoms with E-state index in [4.69, 9.17) is 4.74 Å². The van der Waals surface area contributed by atoms with Crippen LogP contribution in [0.25, 0.3) is 0 Å². The molecule has 138 valence electrons. The molecule has 1 fully saturated rings. The zero-order valence-electron chi connectivity index (χ0n) is 14.8. The van der Waals surface area contributed by atoms with E-state index >= 15 is 0 Å². The summed E-state index contributed by atoms with van der Waals surface area (Å²) in [6.45, 7) is 1.85. The Labute approximate surface area is 151 Å². The molecule has 0 bridgehead atoms. The molecule has 0 N–H and O–H groups in total. The van der Waals surface area contributed by atoms with E-state index in [0.717, 1.165) is 30.6 Å². The number of nitrogens with zero attached hydrogens (tertiary/aromatic N) is 2. The Balaban J connectivity index is 1.54. The van der Waals surface area contributed by atoms with Gasteiger partial charge < -0.3 is 9.64 Å². The second-order valence-electron chi connectivity index (χ2n) is 6.55. The fourth-order valence-electron chi connectivity index (χ4n) is 3.54. The van der Waals surface area contributed by atoms with Crippen LogP contribution in [0.2, 0.25) is 0 Å². The predicted molar refractivity (Wildman–Crippen MR) is 92.4 cm³/mol. The average molecular weight is 358 g/mol. The second-order valence-corrected chi connectivity index (χ2v) is 6.55. The Bertz CT molecular complexity index is 710. The van der Waals surface area contributed by atoms with Crippen LogP contribution in [0, 0.1) is 0 Å². The molecule has 1 saturated heterocycles. The number of hydrogen-bond acceptors (Lipinski definition) is 5. The summed E-state index contributed by atoms with van der Waals surface area (Å²) in [5.74, 6) is -2.03. The third kappa shape index (κ3) is 3.47. The van der Waals surface area contributed by atoms with Crippen molar-refractivity contribution in [1.82, 2.24) is 9.80 Å². The molecule has 0 aromatic heterocycles. The molecule has 0 radical (unpaired) electrons. The second kappa shape index (κ2) is 7.68. The number of carbonyl (C=O) groups is 4. The van der Waals surface area contributed by atoms with Crippen LogP contribution in [-0.4, -0.2) is 59.2 Å². The molecular formula is C19H22N2O5. The highest BCUT2D eigenvalue weighted by molar-refractivity contribution is 6.22. The number of carbonyl (C=O) groups excluding carboxylic acids is 4.